The zero-order valence-corrected chi connectivity index (χ0v) is 35.0. The average Bonchev–Trinajstić information content (AvgIpc) is 3.26. The third-order valence-electron chi connectivity index (χ3n) is 10.0. The molecule has 0 aliphatic carbocycles. The van der Waals surface area contributed by atoms with Crippen LogP contribution in [0.25, 0.3) is 21.9 Å². The van der Waals surface area contributed by atoms with E-state index in [1.54, 1.807) is 68.4 Å². The van der Waals surface area contributed by atoms with Crippen LogP contribution in [-0.4, -0.2) is 26.7 Å². The van der Waals surface area contributed by atoms with E-state index in [1.165, 1.54) is 5.56 Å². The highest BCUT2D eigenvalue weighted by Gasteiger charge is 2.15. The number of ether oxygens (including phenoxy) is 2. The van der Waals surface area contributed by atoms with Gasteiger partial charge in [0.15, 0.2) is 10.9 Å². The standard InChI is InChI=1S/C28H28O6S.C21H22O4/c1-20-10-16-24(17-11-20)35(30,31)33-18-6-5-7-22-12-14-23(15-13-22)19-32-28-21(2)27(29)25-8-3-4-9-26(25)34-28;1-15-20(23)18-7-2-3-8-19(18)25-21(15)24-14-17-11-9-16(10-12-17)6-4-5-13-22/h3-4,8-17H,5-7,18-19H2,1-2H3;2-3,7-12,22H,4-6,13-14H2,1H3. The van der Waals surface area contributed by atoms with Crippen molar-refractivity contribution in [2.45, 2.75) is 77.4 Å². The van der Waals surface area contributed by atoms with Gasteiger partial charge in [-0.15, -0.1) is 0 Å². The normalized spacial score (nSPS) is 11.3. The summed E-state index contributed by atoms with van der Waals surface area (Å²) in [5.41, 5.74) is 7.18. The molecule has 0 radical (unpaired) electrons. The molecule has 0 unspecified atom stereocenters. The van der Waals surface area contributed by atoms with E-state index in [0.29, 0.717) is 46.1 Å². The number of benzene rings is 5. The van der Waals surface area contributed by atoms with Gasteiger partial charge < -0.3 is 23.4 Å². The van der Waals surface area contributed by atoms with Crippen molar-refractivity contribution < 1.29 is 36.0 Å². The van der Waals surface area contributed by atoms with Gasteiger partial charge in [-0.1, -0.05) is 90.5 Å². The third-order valence-corrected chi connectivity index (χ3v) is 11.4. The molecular weight excluding hydrogens is 781 g/mol. The van der Waals surface area contributed by atoms with Crippen molar-refractivity contribution in [1.29, 1.82) is 0 Å². The summed E-state index contributed by atoms with van der Waals surface area (Å²) in [5, 5.41) is 9.94. The summed E-state index contributed by atoms with van der Waals surface area (Å²) < 4.78 is 52.7. The van der Waals surface area contributed by atoms with Crippen molar-refractivity contribution in [1.82, 2.24) is 0 Å². The SMILES string of the molecule is Cc1c(OCc2ccc(CCCCO)cc2)oc2ccccc2c1=O.Cc1ccc(S(=O)(=O)OCCCCc2ccc(COc3oc4ccccc4c(=O)c3C)cc2)cc1. The van der Waals surface area contributed by atoms with Gasteiger partial charge in [0.25, 0.3) is 22.0 Å². The highest BCUT2D eigenvalue weighted by molar-refractivity contribution is 7.86. The zero-order valence-electron chi connectivity index (χ0n) is 34.1. The molecule has 0 atom stereocenters. The Hall–Kier alpha value is -6.01. The maximum Gasteiger partial charge on any atom is 0.296 e. The molecule has 312 valence electrons. The summed E-state index contributed by atoms with van der Waals surface area (Å²) in [5.74, 6) is 0.508. The van der Waals surface area contributed by atoms with E-state index in [-0.39, 0.29) is 47.5 Å². The Morgan fingerprint density at radius 3 is 1.43 bits per heavy atom. The number of aryl methyl sites for hydroxylation is 3. The molecule has 0 saturated carbocycles. The number of unbranched alkanes of at least 4 members (excludes halogenated alkanes) is 2. The lowest BCUT2D eigenvalue weighted by atomic mass is 10.1. The quantitative estimate of drug-likeness (QED) is 0.0696. The van der Waals surface area contributed by atoms with Crippen LogP contribution in [0.4, 0.5) is 0 Å². The maximum absolute atomic E-state index is 12.5. The van der Waals surface area contributed by atoms with Gasteiger partial charge in [-0.2, -0.15) is 8.42 Å². The van der Waals surface area contributed by atoms with Gasteiger partial charge in [-0.3, -0.25) is 13.8 Å². The second-order valence-electron chi connectivity index (χ2n) is 14.6. The van der Waals surface area contributed by atoms with Gasteiger partial charge in [-0.05, 0) is 118 Å². The molecule has 2 aromatic heterocycles. The van der Waals surface area contributed by atoms with Crippen LogP contribution in [0.5, 0.6) is 11.9 Å². The molecule has 1 N–H and O–H groups in total. The minimum Gasteiger partial charge on any atom is -0.460 e. The Morgan fingerprint density at radius 2 is 0.967 bits per heavy atom. The monoisotopic (exact) mass is 830 g/mol. The molecule has 0 fully saturated rings. The molecule has 2 heterocycles. The first-order valence-electron chi connectivity index (χ1n) is 20.1. The Kier molecular flexibility index (Phi) is 15.1. The maximum atomic E-state index is 12.5. The van der Waals surface area contributed by atoms with Crippen LogP contribution in [0.1, 0.15) is 64.6 Å². The number of aliphatic hydroxyl groups excluding tert-OH is 1. The number of para-hydroxylation sites is 2. The molecule has 0 spiro atoms. The minimum absolute atomic E-state index is 0.0592. The lowest BCUT2D eigenvalue weighted by Crippen LogP contribution is -2.08. The highest BCUT2D eigenvalue weighted by Crippen LogP contribution is 2.24. The number of rotatable bonds is 17. The number of fused-ring (bicyclic) bond motifs is 2. The average molecular weight is 831 g/mol. The van der Waals surface area contributed by atoms with E-state index in [1.807, 2.05) is 61.5 Å². The summed E-state index contributed by atoms with van der Waals surface area (Å²) in [6.07, 6.45) is 5.02. The van der Waals surface area contributed by atoms with Crippen molar-refractivity contribution in [3.63, 3.8) is 0 Å². The van der Waals surface area contributed by atoms with Gasteiger partial charge in [0.2, 0.25) is 0 Å². The van der Waals surface area contributed by atoms with Gasteiger partial charge in [0.1, 0.15) is 24.4 Å². The second kappa shape index (κ2) is 20.8. The molecule has 0 amide bonds. The molecule has 7 aromatic rings. The van der Waals surface area contributed by atoms with Crippen LogP contribution in [0.15, 0.2) is 145 Å². The third kappa shape index (κ3) is 11.6. The highest BCUT2D eigenvalue weighted by atomic mass is 32.2. The predicted octanol–water partition coefficient (Wildman–Crippen LogP) is 9.71. The molecule has 7 rings (SSSR count). The van der Waals surface area contributed by atoms with Crippen LogP contribution in [-0.2, 0) is 40.4 Å². The summed E-state index contributed by atoms with van der Waals surface area (Å²) in [4.78, 5) is 25.1. The van der Waals surface area contributed by atoms with Gasteiger partial charge in [-0.25, -0.2) is 0 Å². The minimum atomic E-state index is -3.72. The molecule has 10 nitrogen and oxygen atoms in total. The number of aliphatic hydroxyl groups is 1. The Morgan fingerprint density at radius 1 is 0.533 bits per heavy atom. The number of hydrogen-bond acceptors (Lipinski definition) is 10. The molecular formula is C49H50O10S. The first kappa shape index (κ1) is 43.6. The molecule has 0 aliphatic rings. The van der Waals surface area contributed by atoms with Gasteiger partial charge in [0, 0.05) is 6.61 Å². The predicted molar refractivity (Wildman–Crippen MR) is 233 cm³/mol. The van der Waals surface area contributed by atoms with Crippen LogP contribution in [0.3, 0.4) is 0 Å². The Balaban J connectivity index is 0.000000213. The van der Waals surface area contributed by atoms with E-state index in [2.05, 4.69) is 12.1 Å². The fourth-order valence-electron chi connectivity index (χ4n) is 6.42. The zero-order chi connectivity index (χ0) is 42.5. The Bertz CT molecular complexity index is 2720. The number of hydrogen-bond donors (Lipinski definition) is 1. The summed E-state index contributed by atoms with van der Waals surface area (Å²) in [6.45, 7) is 6.35. The van der Waals surface area contributed by atoms with Gasteiger partial charge >= 0.3 is 0 Å². The summed E-state index contributed by atoms with van der Waals surface area (Å²) in [7, 11) is -3.72. The second-order valence-corrected chi connectivity index (χ2v) is 16.2. The van der Waals surface area contributed by atoms with Crippen LogP contribution in [0, 0.1) is 20.8 Å². The van der Waals surface area contributed by atoms with Gasteiger partial charge in [0.05, 0.1) is 33.4 Å². The van der Waals surface area contributed by atoms with E-state index in [4.69, 9.17) is 27.6 Å². The van der Waals surface area contributed by atoms with Crippen molar-refractivity contribution in [3.05, 3.63) is 181 Å². The van der Waals surface area contributed by atoms with Crippen molar-refractivity contribution in [2.24, 2.45) is 0 Å². The fourth-order valence-corrected chi connectivity index (χ4v) is 7.36. The van der Waals surface area contributed by atoms with E-state index >= 15 is 0 Å². The first-order valence-corrected chi connectivity index (χ1v) is 21.5. The lowest BCUT2D eigenvalue weighted by Gasteiger charge is -2.09. The van der Waals surface area contributed by atoms with Crippen LogP contribution in [0.2, 0.25) is 0 Å². The van der Waals surface area contributed by atoms with Crippen LogP contribution >= 0.6 is 0 Å². The molecule has 0 aliphatic heterocycles. The summed E-state index contributed by atoms with van der Waals surface area (Å²) in [6, 6.07) is 37.1. The molecule has 0 bridgehead atoms. The van der Waals surface area contributed by atoms with E-state index in [0.717, 1.165) is 54.4 Å². The largest absolute Gasteiger partial charge is 0.460 e. The van der Waals surface area contributed by atoms with Crippen molar-refractivity contribution >= 4 is 32.1 Å². The van der Waals surface area contributed by atoms with Crippen molar-refractivity contribution in [2.75, 3.05) is 13.2 Å². The summed E-state index contributed by atoms with van der Waals surface area (Å²) >= 11 is 0. The van der Waals surface area contributed by atoms with Crippen LogP contribution < -0.4 is 20.3 Å². The molecule has 11 heteroatoms. The van der Waals surface area contributed by atoms with E-state index in [9.17, 15) is 18.0 Å². The smallest absolute Gasteiger partial charge is 0.296 e. The topological polar surface area (TPSA) is 142 Å². The Labute approximate surface area is 350 Å². The fraction of sp³-hybridized carbons (Fsp3) is 0.265. The molecule has 5 aromatic carbocycles. The van der Waals surface area contributed by atoms with E-state index < -0.39 is 10.1 Å². The molecule has 60 heavy (non-hydrogen) atoms. The first-order chi connectivity index (χ1) is 29.0. The molecule has 0 saturated heterocycles. The van der Waals surface area contributed by atoms with Crippen molar-refractivity contribution in [3.8, 4) is 11.9 Å². The lowest BCUT2D eigenvalue weighted by molar-refractivity contribution is 0.232.